The summed E-state index contributed by atoms with van der Waals surface area (Å²) >= 11 is 0. The number of hydrogen-bond acceptors (Lipinski definition) is 6. The lowest BCUT2D eigenvalue weighted by molar-refractivity contribution is -0.228. The summed E-state index contributed by atoms with van der Waals surface area (Å²) in [4.78, 5) is 18.2. The van der Waals surface area contributed by atoms with Gasteiger partial charge in [0.25, 0.3) is 0 Å². The van der Waals surface area contributed by atoms with Gasteiger partial charge in [-0.2, -0.15) is 17.9 Å². The van der Waals surface area contributed by atoms with E-state index >= 15 is 0 Å². The minimum absolute atomic E-state index is 0.000603. The fourth-order valence-electron chi connectivity index (χ4n) is 3.88. The molecule has 1 saturated heterocycles. The van der Waals surface area contributed by atoms with Gasteiger partial charge >= 0.3 is 12.1 Å². The van der Waals surface area contributed by atoms with Crippen LogP contribution >= 0.6 is 0 Å². The van der Waals surface area contributed by atoms with Crippen molar-refractivity contribution >= 4 is 16.9 Å². The standard InChI is InChI=1S/C23H22F3NO6/c1-31-22(30)18-11-15-16(23(24,25)26)9-14(13-5-3-2-4-6-13)10-17(15)27(18)33-21-8-7-19(29)20(12-28)32-21/h2-6,9-11,19-21,28-29H,7-8,12H2,1H3. The summed E-state index contributed by atoms with van der Waals surface area (Å²) in [6, 6.07) is 12.1. The molecule has 0 bridgehead atoms. The molecule has 4 rings (SSSR count). The normalized spacial score (nSPS) is 21.2. The predicted molar refractivity (Wildman–Crippen MR) is 111 cm³/mol. The van der Waals surface area contributed by atoms with E-state index in [9.17, 15) is 28.2 Å². The molecule has 2 heterocycles. The van der Waals surface area contributed by atoms with Crippen LogP contribution in [0.15, 0.2) is 48.5 Å². The van der Waals surface area contributed by atoms with Gasteiger partial charge in [0.15, 0.2) is 5.69 Å². The van der Waals surface area contributed by atoms with Gasteiger partial charge in [-0.15, -0.1) is 0 Å². The molecule has 176 valence electrons. The first-order valence-corrected chi connectivity index (χ1v) is 10.2. The summed E-state index contributed by atoms with van der Waals surface area (Å²) in [7, 11) is 1.11. The summed E-state index contributed by atoms with van der Waals surface area (Å²) in [5.74, 6) is -0.893. The van der Waals surface area contributed by atoms with Crippen LogP contribution in [0, 0.1) is 0 Å². The maximum atomic E-state index is 14.0. The molecule has 0 spiro atoms. The van der Waals surface area contributed by atoms with Gasteiger partial charge in [0, 0.05) is 11.8 Å². The minimum atomic E-state index is -4.70. The third kappa shape index (κ3) is 4.54. The van der Waals surface area contributed by atoms with E-state index in [0.717, 1.165) is 24.0 Å². The number of ether oxygens (including phenoxy) is 2. The van der Waals surface area contributed by atoms with E-state index in [2.05, 4.69) is 0 Å². The average molecular weight is 465 g/mol. The average Bonchev–Trinajstić information content (AvgIpc) is 3.17. The van der Waals surface area contributed by atoms with Crippen molar-refractivity contribution in [2.75, 3.05) is 13.7 Å². The van der Waals surface area contributed by atoms with Gasteiger partial charge in [0.2, 0.25) is 6.29 Å². The Labute approximate surface area is 186 Å². The van der Waals surface area contributed by atoms with Crippen molar-refractivity contribution in [2.45, 2.75) is 37.5 Å². The van der Waals surface area contributed by atoms with Crippen LogP contribution in [0.2, 0.25) is 0 Å². The number of alkyl halides is 3. The Morgan fingerprint density at radius 1 is 1.15 bits per heavy atom. The highest BCUT2D eigenvalue weighted by Crippen LogP contribution is 2.39. The zero-order valence-electron chi connectivity index (χ0n) is 17.6. The number of benzene rings is 2. The van der Waals surface area contributed by atoms with Crippen LogP contribution in [0.3, 0.4) is 0 Å². The molecule has 7 nitrogen and oxygen atoms in total. The predicted octanol–water partition coefficient (Wildman–Crippen LogP) is 3.40. The zero-order valence-corrected chi connectivity index (χ0v) is 17.6. The second kappa shape index (κ2) is 9.05. The van der Waals surface area contributed by atoms with Gasteiger partial charge in [-0.3, -0.25) is 0 Å². The van der Waals surface area contributed by atoms with Crippen LogP contribution in [0.4, 0.5) is 13.2 Å². The van der Waals surface area contributed by atoms with Gasteiger partial charge in [-0.05, 0) is 35.7 Å². The van der Waals surface area contributed by atoms with Crippen molar-refractivity contribution < 1.29 is 42.5 Å². The molecule has 0 aliphatic carbocycles. The lowest BCUT2D eigenvalue weighted by Crippen LogP contribution is -2.45. The van der Waals surface area contributed by atoms with Gasteiger partial charge in [0.05, 0.1) is 30.9 Å². The number of carbonyl (C=O) groups excluding carboxylic acids is 1. The van der Waals surface area contributed by atoms with Gasteiger partial charge in [-0.25, -0.2) is 4.79 Å². The molecule has 2 N–H and O–H groups in total. The zero-order chi connectivity index (χ0) is 23.8. The lowest BCUT2D eigenvalue weighted by atomic mass is 10.00. The molecule has 1 fully saturated rings. The lowest BCUT2D eigenvalue weighted by Gasteiger charge is -2.32. The van der Waals surface area contributed by atoms with Crippen molar-refractivity contribution in [3.05, 3.63) is 59.8 Å². The second-order valence-corrected chi connectivity index (χ2v) is 7.67. The maximum absolute atomic E-state index is 14.0. The van der Waals surface area contributed by atoms with Crippen LogP contribution in [-0.4, -0.2) is 53.1 Å². The number of carbonyl (C=O) groups is 1. The molecule has 2 aromatic carbocycles. The van der Waals surface area contributed by atoms with Crippen LogP contribution in [0.5, 0.6) is 0 Å². The molecule has 0 radical (unpaired) electrons. The molecule has 3 aromatic rings. The molecule has 1 aliphatic heterocycles. The van der Waals surface area contributed by atoms with E-state index in [1.807, 2.05) is 0 Å². The summed E-state index contributed by atoms with van der Waals surface area (Å²) in [5, 5.41) is 19.1. The van der Waals surface area contributed by atoms with E-state index in [1.54, 1.807) is 30.3 Å². The highest BCUT2D eigenvalue weighted by atomic mass is 19.4. The Bertz CT molecular complexity index is 1140. The van der Waals surface area contributed by atoms with Crippen molar-refractivity contribution in [2.24, 2.45) is 0 Å². The third-order valence-corrected chi connectivity index (χ3v) is 5.54. The monoisotopic (exact) mass is 465 g/mol. The number of esters is 1. The van der Waals surface area contributed by atoms with Crippen LogP contribution in [0.25, 0.3) is 22.0 Å². The fourth-order valence-corrected chi connectivity index (χ4v) is 3.88. The number of aliphatic hydroxyl groups is 2. The van der Waals surface area contributed by atoms with Gasteiger partial charge < -0.3 is 24.5 Å². The molecule has 0 saturated carbocycles. The molecule has 1 aliphatic rings. The largest absolute Gasteiger partial charge is 0.464 e. The quantitative estimate of drug-likeness (QED) is 0.562. The number of halogens is 3. The highest BCUT2D eigenvalue weighted by Gasteiger charge is 2.36. The number of rotatable bonds is 5. The Morgan fingerprint density at radius 3 is 2.52 bits per heavy atom. The van der Waals surface area contributed by atoms with Crippen molar-refractivity contribution in [3.63, 3.8) is 0 Å². The van der Waals surface area contributed by atoms with Crippen LogP contribution < -0.4 is 4.84 Å². The number of hydrogen-bond donors (Lipinski definition) is 2. The van der Waals surface area contributed by atoms with Crippen molar-refractivity contribution in [1.29, 1.82) is 0 Å². The Hall–Kier alpha value is -3.08. The first-order chi connectivity index (χ1) is 15.7. The molecule has 1 aromatic heterocycles. The summed E-state index contributed by atoms with van der Waals surface area (Å²) in [6.07, 6.45) is -7.10. The number of fused-ring (bicyclic) bond motifs is 1. The minimum Gasteiger partial charge on any atom is -0.464 e. The number of aromatic nitrogens is 1. The SMILES string of the molecule is COC(=O)c1cc2c(C(F)(F)F)cc(-c3ccccc3)cc2n1OC1CCC(O)C(CO)O1. The number of nitrogens with zero attached hydrogens (tertiary/aromatic N) is 1. The number of aliphatic hydroxyl groups excluding tert-OH is 2. The summed E-state index contributed by atoms with van der Waals surface area (Å²) in [5.41, 5.74) is -0.352. The van der Waals surface area contributed by atoms with E-state index in [-0.39, 0.29) is 35.0 Å². The summed E-state index contributed by atoms with van der Waals surface area (Å²) < 4.78 is 53.2. The van der Waals surface area contributed by atoms with Crippen LogP contribution in [0.1, 0.15) is 28.9 Å². The molecular formula is C23H22F3NO6. The van der Waals surface area contributed by atoms with Gasteiger partial charge in [-0.1, -0.05) is 30.3 Å². The Morgan fingerprint density at radius 2 is 1.88 bits per heavy atom. The highest BCUT2D eigenvalue weighted by molar-refractivity contribution is 5.98. The second-order valence-electron chi connectivity index (χ2n) is 7.67. The molecule has 3 unspecified atom stereocenters. The fraction of sp³-hybridized carbons (Fsp3) is 0.348. The van der Waals surface area contributed by atoms with Crippen LogP contribution in [-0.2, 0) is 15.7 Å². The van der Waals surface area contributed by atoms with E-state index in [1.165, 1.54) is 6.07 Å². The first-order valence-electron chi connectivity index (χ1n) is 10.2. The summed E-state index contributed by atoms with van der Waals surface area (Å²) in [6.45, 7) is -0.465. The molecule has 10 heteroatoms. The van der Waals surface area contributed by atoms with Crippen molar-refractivity contribution in [1.82, 2.24) is 4.73 Å². The number of methoxy groups -OCH3 is 1. The topological polar surface area (TPSA) is 90.2 Å². The third-order valence-electron chi connectivity index (χ3n) is 5.54. The van der Waals surface area contributed by atoms with E-state index in [4.69, 9.17) is 14.3 Å². The molecule has 3 atom stereocenters. The van der Waals surface area contributed by atoms with E-state index in [0.29, 0.717) is 5.56 Å². The molecular weight excluding hydrogens is 443 g/mol. The molecule has 0 amide bonds. The van der Waals surface area contributed by atoms with Gasteiger partial charge in [0.1, 0.15) is 6.10 Å². The Kier molecular flexibility index (Phi) is 6.33. The first kappa shape index (κ1) is 23.1. The van der Waals surface area contributed by atoms with E-state index < -0.39 is 42.8 Å². The molecule has 33 heavy (non-hydrogen) atoms. The van der Waals surface area contributed by atoms with Crippen molar-refractivity contribution in [3.8, 4) is 11.1 Å². The maximum Gasteiger partial charge on any atom is 0.417 e. The Balaban J connectivity index is 1.89. The smallest absolute Gasteiger partial charge is 0.417 e.